The number of nitrogens with one attached hydrogen (secondary N) is 1. The van der Waals surface area contributed by atoms with Crippen LogP contribution in [-0.4, -0.2) is 41.0 Å². The number of nitrogens with zero attached hydrogens (tertiary/aromatic N) is 1. The summed E-state index contributed by atoms with van der Waals surface area (Å²) in [7, 11) is 0. The lowest BCUT2D eigenvalue weighted by atomic mass is 9.64. The zero-order valence-electron chi connectivity index (χ0n) is 15.6. The van der Waals surface area contributed by atoms with Gasteiger partial charge in [-0.2, -0.15) is 0 Å². The summed E-state index contributed by atoms with van der Waals surface area (Å²) in [5.41, 5.74) is -0.872. The van der Waals surface area contributed by atoms with Gasteiger partial charge in [-0.1, -0.05) is 27.2 Å². The van der Waals surface area contributed by atoms with Crippen molar-refractivity contribution in [2.45, 2.75) is 83.8 Å². The van der Waals surface area contributed by atoms with E-state index in [1.165, 1.54) is 6.42 Å². The minimum Gasteiger partial charge on any atom is -0.461 e. The molecule has 3 aliphatic rings. The first-order valence-corrected chi connectivity index (χ1v) is 9.54. The molecule has 1 heterocycles. The van der Waals surface area contributed by atoms with Crippen LogP contribution in [0.25, 0.3) is 0 Å². The van der Waals surface area contributed by atoms with Gasteiger partial charge in [0, 0.05) is 0 Å². The molecule has 1 aliphatic heterocycles. The quantitative estimate of drug-likeness (QED) is 0.627. The molecule has 1 N–H and O–H groups in total. The average Bonchev–Trinajstić information content (AvgIpc) is 2.70. The van der Waals surface area contributed by atoms with E-state index in [1.807, 2.05) is 0 Å². The van der Waals surface area contributed by atoms with Crippen molar-refractivity contribution in [1.82, 2.24) is 10.2 Å². The predicted octanol–water partition coefficient (Wildman–Crippen LogP) is 3.00. The van der Waals surface area contributed by atoms with Crippen LogP contribution in [0.5, 0.6) is 0 Å². The molecule has 6 heteroatoms. The molecule has 3 rings (SSSR count). The van der Waals surface area contributed by atoms with Crippen molar-refractivity contribution in [1.29, 1.82) is 0 Å². The summed E-state index contributed by atoms with van der Waals surface area (Å²) in [5, 5.41) is 2.89. The van der Waals surface area contributed by atoms with E-state index in [1.54, 1.807) is 0 Å². The van der Waals surface area contributed by atoms with Crippen molar-refractivity contribution in [2.75, 3.05) is 6.54 Å². The highest BCUT2D eigenvalue weighted by Gasteiger charge is 2.56. The van der Waals surface area contributed by atoms with Crippen LogP contribution in [0.4, 0.5) is 4.79 Å². The van der Waals surface area contributed by atoms with E-state index in [-0.39, 0.29) is 24.0 Å². The van der Waals surface area contributed by atoms with Crippen molar-refractivity contribution in [3.8, 4) is 0 Å². The maximum absolute atomic E-state index is 13.0. The Labute approximate surface area is 149 Å². The van der Waals surface area contributed by atoms with Gasteiger partial charge in [0.25, 0.3) is 5.91 Å². The van der Waals surface area contributed by atoms with Crippen LogP contribution in [0, 0.1) is 11.3 Å². The Morgan fingerprint density at radius 2 is 1.88 bits per heavy atom. The third-order valence-electron chi connectivity index (χ3n) is 5.76. The number of ether oxygens (including phenoxy) is 1. The van der Waals surface area contributed by atoms with Gasteiger partial charge in [-0.25, -0.2) is 4.79 Å². The van der Waals surface area contributed by atoms with E-state index in [2.05, 4.69) is 26.1 Å². The molecule has 2 aliphatic carbocycles. The first-order chi connectivity index (χ1) is 11.7. The first-order valence-electron chi connectivity index (χ1n) is 9.54. The predicted molar refractivity (Wildman–Crippen MR) is 92.7 cm³/mol. The average molecular weight is 350 g/mol. The molecule has 0 aromatic rings. The normalized spacial score (nSPS) is 32.8. The van der Waals surface area contributed by atoms with Crippen LogP contribution >= 0.6 is 0 Å². The van der Waals surface area contributed by atoms with Crippen LogP contribution in [0.3, 0.4) is 0 Å². The summed E-state index contributed by atoms with van der Waals surface area (Å²) in [4.78, 5) is 38.7. The molecule has 25 heavy (non-hydrogen) atoms. The molecule has 0 bridgehead atoms. The number of amides is 3. The lowest BCUT2D eigenvalue weighted by Gasteiger charge is -2.43. The molecule has 3 amide bonds. The van der Waals surface area contributed by atoms with Crippen LogP contribution in [0.1, 0.15) is 72.1 Å². The molecule has 0 aromatic heterocycles. The minimum atomic E-state index is -0.858. The summed E-state index contributed by atoms with van der Waals surface area (Å²) in [5.74, 6) is -0.393. The third-order valence-corrected chi connectivity index (χ3v) is 5.76. The molecule has 0 aromatic carbocycles. The highest BCUT2D eigenvalue weighted by atomic mass is 16.5. The van der Waals surface area contributed by atoms with E-state index in [4.69, 9.17) is 4.74 Å². The molecule has 0 unspecified atom stereocenters. The van der Waals surface area contributed by atoms with Gasteiger partial charge in [0.2, 0.25) is 0 Å². The number of hydrogen-bond donors (Lipinski definition) is 1. The van der Waals surface area contributed by atoms with Crippen molar-refractivity contribution in [3.05, 3.63) is 0 Å². The lowest BCUT2D eigenvalue weighted by molar-refractivity contribution is -0.154. The summed E-state index contributed by atoms with van der Waals surface area (Å²) in [6.45, 7) is 6.09. The zero-order valence-corrected chi connectivity index (χ0v) is 15.6. The van der Waals surface area contributed by atoms with Gasteiger partial charge in [-0.15, -0.1) is 0 Å². The first kappa shape index (κ1) is 18.2. The summed E-state index contributed by atoms with van der Waals surface area (Å²) in [6, 6.07) is -0.463. The number of esters is 1. The van der Waals surface area contributed by atoms with Crippen LogP contribution < -0.4 is 5.32 Å². The van der Waals surface area contributed by atoms with Gasteiger partial charge in [0.05, 0.1) is 0 Å². The second-order valence-electron chi connectivity index (χ2n) is 9.01. The molecular formula is C19H30N2O4. The number of imide groups is 1. The Hall–Kier alpha value is -1.59. The minimum absolute atomic E-state index is 0.0147. The second-order valence-corrected chi connectivity index (χ2v) is 9.01. The Bertz CT molecular complexity index is 568. The Morgan fingerprint density at radius 1 is 1.20 bits per heavy atom. The number of carbonyl (C=O) groups excluding carboxylic acids is 3. The molecule has 140 valence electrons. The highest BCUT2D eigenvalue weighted by Crippen LogP contribution is 2.46. The van der Waals surface area contributed by atoms with Gasteiger partial charge in [-0.3, -0.25) is 14.5 Å². The van der Waals surface area contributed by atoms with Gasteiger partial charge >= 0.3 is 12.0 Å². The van der Waals surface area contributed by atoms with Gasteiger partial charge in [0.1, 0.15) is 18.2 Å². The van der Waals surface area contributed by atoms with E-state index in [0.29, 0.717) is 18.8 Å². The van der Waals surface area contributed by atoms with Crippen molar-refractivity contribution >= 4 is 17.9 Å². The number of urea groups is 1. The van der Waals surface area contributed by atoms with Crippen LogP contribution in [0.2, 0.25) is 0 Å². The molecule has 2 saturated carbocycles. The van der Waals surface area contributed by atoms with Gasteiger partial charge in [0.15, 0.2) is 0 Å². The number of rotatable bonds is 3. The van der Waals surface area contributed by atoms with E-state index in [0.717, 1.165) is 37.0 Å². The van der Waals surface area contributed by atoms with E-state index in [9.17, 15) is 14.4 Å². The maximum Gasteiger partial charge on any atom is 0.326 e. The maximum atomic E-state index is 13.0. The number of hydrogen-bond acceptors (Lipinski definition) is 4. The fraction of sp³-hybridized carbons (Fsp3) is 0.842. The molecule has 6 nitrogen and oxygen atoms in total. The standard InChI is InChI=1S/C19H30N2O4/c1-13-9-18(2,3)12-19(10-13)16(23)21(17(24)20-19)11-15(22)25-14-7-5-4-6-8-14/h13-14H,4-12H2,1-3H3,(H,20,24)/t13-,19+/m0/s1. The molecular weight excluding hydrogens is 320 g/mol. The highest BCUT2D eigenvalue weighted by molar-refractivity contribution is 6.08. The van der Waals surface area contributed by atoms with E-state index >= 15 is 0 Å². The van der Waals surface area contributed by atoms with Gasteiger partial charge in [-0.05, 0) is 56.3 Å². The Kier molecular flexibility index (Phi) is 4.82. The SMILES string of the molecule is C[C@H]1CC(C)(C)C[C@@]2(C1)NC(=O)N(CC(=O)OC1CCCCC1)C2=O. The van der Waals surface area contributed by atoms with Crippen molar-refractivity contribution < 1.29 is 19.1 Å². The lowest BCUT2D eigenvalue weighted by Crippen LogP contribution is -2.54. The molecule has 2 atom stereocenters. The smallest absolute Gasteiger partial charge is 0.326 e. The second kappa shape index (κ2) is 6.61. The zero-order chi connectivity index (χ0) is 18.2. The number of carbonyl (C=O) groups is 3. The van der Waals surface area contributed by atoms with Gasteiger partial charge < -0.3 is 10.1 Å². The fourth-order valence-electron chi connectivity index (χ4n) is 5.18. The van der Waals surface area contributed by atoms with Crippen molar-refractivity contribution in [3.63, 3.8) is 0 Å². The monoisotopic (exact) mass is 350 g/mol. The molecule has 1 saturated heterocycles. The third kappa shape index (κ3) is 3.82. The fourth-order valence-corrected chi connectivity index (χ4v) is 5.18. The Morgan fingerprint density at radius 3 is 2.52 bits per heavy atom. The summed E-state index contributed by atoms with van der Waals surface area (Å²) < 4.78 is 5.47. The van der Waals surface area contributed by atoms with Crippen LogP contribution in [-0.2, 0) is 14.3 Å². The summed E-state index contributed by atoms with van der Waals surface area (Å²) in [6.07, 6.45) is 7.28. The topological polar surface area (TPSA) is 75.7 Å². The molecule has 1 spiro atoms. The summed E-state index contributed by atoms with van der Waals surface area (Å²) >= 11 is 0. The molecule has 0 radical (unpaired) electrons. The van der Waals surface area contributed by atoms with Crippen LogP contribution in [0.15, 0.2) is 0 Å². The largest absolute Gasteiger partial charge is 0.461 e. The van der Waals surface area contributed by atoms with Crippen molar-refractivity contribution in [2.24, 2.45) is 11.3 Å². The molecule has 3 fully saturated rings. The Balaban J connectivity index is 1.66. The van der Waals surface area contributed by atoms with E-state index < -0.39 is 17.5 Å².